The molecule has 9 heteroatoms. The lowest BCUT2D eigenvalue weighted by Crippen LogP contribution is -2.36. The number of hydrogen-bond donors (Lipinski definition) is 1. The molecule has 0 spiro atoms. The van der Waals surface area contributed by atoms with Crippen LogP contribution in [0.25, 0.3) is 11.6 Å². The fourth-order valence-electron chi connectivity index (χ4n) is 3.62. The predicted molar refractivity (Wildman–Crippen MR) is 89.2 cm³/mol. The Balaban J connectivity index is 1.32. The fourth-order valence-corrected chi connectivity index (χ4v) is 3.62. The van der Waals surface area contributed by atoms with Crippen molar-refractivity contribution in [2.45, 2.75) is 44.7 Å². The second kappa shape index (κ2) is 7.19. The zero-order valence-corrected chi connectivity index (χ0v) is 14.3. The maximum absolute atomic E-state index is 12.4. The van der Waals surface area contributed by atoms with E-state index in [1.54, 1.807) is 18.5 Å². The average molecular weight is 356 g/mol. The van der Waals surface area contributed by atoms with Gasteiger partial charge in [0, 0.05) is 31.4 Å². The van der Waals surface area contributed by atoms with Crippen LogP contribution in [0.3, 0.4) is 0 Å². The monoisotopic (exact) mass is 356 g/mol. The highest BCUT2D eigenvalue weighted by atomic mass is 16.5. The third kappa shape index (κ3) is 3.42. The average Bonchev–Trinajstić information content (AvgIpc) is 3.41. The Hall–Kier alpha value is -2.84. The van der Waals surface area contributed by atoms with Crippen LogP contribution in [0, 0.1) is 5.92 Å². The standard InChI is InChI=1S/C17H20N6O3/c24-14-8-11(10-23(14)12-4-1-2-5-12)17(25)20-9-13-21-16(22-26-13)15-18-6-3-7-19-15/h3,6-7,11-12H,1-2,4-5,8-10H2,(H,20,25)/t11-/m0/s1. The van der Waals surface area contributed by atoms with Gasteiger partial charge in [-0.25, -0.2) is 9.97 Å². The highest BCUT2D eigenvalue weighted by Crippen LogP contribution is 2.29. The Morgan fingerprint density at radius 2 is 2.00 bits per heavy atom. The summed E-state index contributed by atoms with van der Waals surface area (Å²) in [6, 6.07) is 2.01. The number of rotatable bonds is 5. The first-order chi connectivity index (χ1) is 12.7. The van der Waals surface area contributed by atoms with Crippen LogP contribution in [0.2, 0.25) is 0 Å². The van der Waals surface area contributed by atoms with Crippen molar-refractivity contribution in [1.82, 2.24) is 30.3 Å². The van der Waals surface area contributed by atoms with Crippen molar-refractivity contribution < 1.29 is 14.1 Å². The van der Waals surface area contributed by atoms with Gasteiger partial charge < -0.3 is 14.7 Å². The van der Waals surface area contributed by atoms with Crippen LogP contribution in [0.5, 0.6) is 0 Å². The molecule has 0 unspecified atom stereocenters. The molecule has 2 aromatic heterocycles. The molecule has 1 N–H and O–H groups in total. The minimum atomic E-state index is -0.317. The van der Waals surface area contributed by atoms with Gasteiger partial charge in [0.25, 0.3) is 0 Å². The first-order valence-corrected chi connectivity index (χ1v) is 8.88. The number of nitrogens with zero attached hydrogens (tertiary/aromatic N) is 5. The summed E-state index contributed by atoms with van der Waals surface area (Å²) in [7, 11) is 0. The Labute approximate surface area is 150 Å². The minimum absolute atomic E-state index is 0.0818. The Morgan fingerprint density at radius 1 is 1.23 bits per heavy atom. The molecule has 2 fully saturated rings. The third-order valence-corrected chi connectivity index (χ3v) is 4.94. The lowest BCUT2D eigenvalue weighted by atomic mass is 10.1. The van der Waals surface area contributed by atoms with Crippen LogP contribution in [0.15, 0.2) is 23.0 Å². The smallest absolute Gasteiger partial charge is 0.246 e. The molecule has 4 rings (SSSR count). The zero-order valence-electron chi connectivity index (χ0n) is 14.3. The van der Waals surface area contributed by atoms with Gasteiger partial charge in [-0.2, -0.15) is 4.98 Å². The molecular formula is C17H20N6O3. The van der Waals surface area contributed by atoms with Gasteiger partial charge in [0.2, 0.25) is 29.4 Å². The van der Waals surface area contributed by atoms with Gasteiger partial charge in [-0.05, 0) is 18.9 Å². The SMILES string of the molecule is O=C(NCc1nc(-c2ncccn2)no1)[C@H]1CC(=O)N(C2CCCC2)C1. The van der Waals surface area contributed by atoms with Crippen LogP contribution >= 0.6 is 0 Å². The molecule has 2 amide bonds. The molecule has 1 saturated carbocycles. The van der Waals surface area contributed by atoms with Gasteiger partial charge in [0.05, 0.1) is 12.5 Å². The number of likely N-dealkylation sites (tertiary alicyclic amines) is 1. The summed E-state index contributed by atoms with van der Waals surface area (Å²) in [4.78, 5) is 38.8. The van der Waals surface area contributed by atoms with Gasteiger partial charge >= 0.3 is 0 Å². The Bertz CT molecular complexity index is 787. The lowest BCUT2D eigenvalue weighted by Gasteiger charge is -2.23. The van der Waals surface area contributed by atoms with E-state index in [4.69, 9.17) is 4.52 Å². The minimum Gasteiger partial charge on any atom is -0.347 e. The van der Waals surface area contributed by atoms with Crippen molar-refractivity contribution >= 4 is 11.8 Å². The highest BCUT2D eigenvalue weighted by molar-refractivity contribution is 5.89. The van der Waals surface area contributed by atoms with Gasteiger partial charge in [-0.15, -0.1) is 0 Å². The summed E-state index contributed by atoms with van der Waals surface area (Å²) in [6.45, 7) is 0.620. The third-order valence-electron chi connectivity index (χ3n) is 4.94. The number of aromatic nitrogens is 4. The van der Waals surface area contributed by atoms with Crippen molar-refractivity contribution in [2.24, 2.45) is 5.92 Å². The Morgan fingerprint density at radius 3 is 2.77 bits per heavy atom. The van der Waals surface area contributed by atoms with Crippen molar-refractivity contribution in [3.05, 3.63) is 24.4 Å². The number of carbonyl (C=O) groups excluding carboxylic acids is 2. The van der Waals surface area contributed by atoms with Gasteiger partial charge in [-0.3, -0.25) is 9.59 Å². The number of carbonyl (C=O) groups is 2. The summed E-state index contributed by atoms with van der Waals surface area (Å²) in [5.41, 5.74) is 0. The first-order valence-electron chi connectivity index (χ1n) is 8.88. The highest BCUT2D eigenvalue weighted by Gasteiger charge is 2.38. The van der Waals surface area contributed by atoms with Crippen molar-refractivity contribution in [3.8, 4) is 11.6 Å². The molecule has 2 aliphatic rings. The van der Waals surface area contributed by atoms with Gasteiger partial charge in [-0.1, -0.05) is 18.0 Å². The normalized spacial score (nSPS) is 20.7. The molecule has 1 atom stereocenters. The second-order valence-electron chi connectivity index (χ2n) is 6.69. The predicted octanol–water partition coefficient (Wildman–Crippen LogP) is 0.934. The van der Waals surface area contributed by atoms with E-state index in [9.17, 15) is 9.59 Å². The van der Waals surface area contributed by atoms with Crippen molar-refractivity contribution in [3.63, 3.8) is 0 Å². The van der Waals surface area contributed by atoms with Crippen LogP contribution in [0.1, 0.15) is 38.0 Å². The molecule has 0 radical (unpaired) electrons. The number of hydrogen-bond acceptors (Lipinski definition) is 7. The summed E-state index contributed by atoms with van der Waals surface area (Å²) < 4.78 is 5.12. The molecule has 0 bridgehead atoms. The van der Waals surface area contributed by atoms with E-state index in [1.807, 2.05) is 4.90 Å². The van der Waals surface area contributed by atoms with Crippen LogP contribution in [-0.4, -0.2) is 49.4 Å². The molecule has 9 nitrogen and oxygen atoms in total. The molecule has 1 aliphatic carbocycles. The maximum atomic E-state index is 12.4. The number of amides is 2. The first kappa shape index (κ1) is 16.6. The largest absolute Gasteiger partial charge is 0.347 e. The van der Waals surface area contributed by atoms with Gasteiger partial charge in [0.1, 0.15) is 0 Å². The van der Waals surface area contributed by atoms with E-state index in [2.05, 4.69) is 25.4 Å². The van der Waals surface area contributed by atoms with E-state index in [-0.39, 0.29) is 42.4 Å². The molecule has 0 aromatic carbocycles. The Kier molecular flexibility index (Phi) is 4.59. The zero-order chi connectivity index (χ0) is 17.9. The van der Waals surface area contributed by atoms with E-state index >= 15 is 0 Å². The number of nitrogens with one attached hydrogen (secondary N) is 1. The molecule has 2 aromatic rings. The van der Waals surface area contributed by atoms with Crippen LogP contribution in [-0.2, 0) is 16.1 Å². The van der Waals surface area contributed by atoms with Crippen molar-refractivity contribution in [2.75, 3.05) is 6.54 Å². The lowest BCUT2D eigenvalue weighted by molar-refractivity contribution is -0.130. The summed E-state index contributed by atoms with van der Waals surface area (Å²) >= 11 is 0. The maximum Gasteiger partial charge on any atom is 0.246 e. The molecular weight excluding hydrogens is 336 g/mol. The summed E-state index contributed by atoms with van der Waals surface area (Å²) in [5.74, 6) is 0.523. The van der Waals surface area contributed by atoms with Gasteiger partial charge in [0.15, 0.2) is 0 Å². The molecule has 1 saturated heterocycles. The molecule has 26 heavy (non-hydrogen) atoms. The summed E-state index contributed by atoms with van der Waals surface area (Å²) in [5, 5.41) is 6.60. The fraction of sp³-hybridized carbons (Fsp3) is 0.529. The topological polar surface area (TPSA) is 114 Å². The van der Waals surface area contributed by atoms with E-state index in [1.165, 1.54) is 0 Å². The van der Waals surface area contributed by atoms with E-state index < -0.39 is 0 Å². The molecule has 136 valence electrons. The van der Waals surface area contributed by atoms with E-state index in [0.29, 0.717) is 18.4 Å². The quantitative estimate of drug-likeness (QED) is 0.847. The molecule has 1 aliphatic heterocycles. The van der Waals surface area contributed by atoms with Crippen LogP contribution in [0.4, 0.5) is 0 Å². The van der Waals surface area contributed by atoms with Crippen LogP contribution < -0.4 is 5.32 Å². The summed E-state index contributed by atoms with van der Waals surface area (Å²) in [6.07, 6.45) is 7.88. The van der Waals surface area contributed by atoms with Crippen molar-refractivity contribution in [1.29, 1.82) is 0 Å². The molecule has 3 heterocycles. The van der Waals surface area contributed by atoms with E-state index in [0.717, 1.165) is 25.7 Å². The second-order valence-corrected chi connectivity index (χ2v) is 6.69.